The van der Waals surface area contributed by atoms with Crippen LogP contribution in [-0.2, 0) is 11.0 Å². The highest BCUT2D eigenvalue weighted by Gasteiger charge is 2.32. The highest BCUT2D eigenvalue weighted by Crippen LogP contribution is 2.39. The Morgan fingerprint density at radius 2 is 2.03 bits per heavy atom. The number of benzene rings is 2. The Balaban J connectivity index is 1.50. The van der Waals surface area contributed by atoms with Gasteiger partial charge >= 0.3 is 6.18 Å². The summed E-state index contributed by atoms with van der Waals surface area (Å²) in [5, 5.41) is 6.46. The molecule has 0 radical (unpaired) electrons. The van der Waals surface area contributed by atoms with Crippen LogP contribution in [0.4, 0.5) is 18.3 Å². The maximum Gasteiger partial charge on any atom is 0.416 e. The van der Waals surface area contributed by atoms with Gasteiger partial charge in [0.05, 0.1) is 16.0 Å². The van der Waals surface area contributed by atoms with E-state index in [1.54, 1.807) is 18.2 Å². The molecular weight excluding hydrogens is 491 g/mol. The largest absolute Gasteiger partial charge is 0.437 e. The Morgan fingerprint density at radius 1 is 1.17 bits per heavy atom. The third kappa shape index (κ3) is 5.17. The quantitative estimate of drug-likeness (QED) is 0.324. The maximum atomic E-state index is 13.5. The van der Waals surface area contributed by atoms with Crippen molar-refractivity contribution in [3.8, 4) is 22.9 Å². The summed E-state index contributed by atoms with van der Waals surface area (Å²) in [6.45, 7) is 2.15. The van der Waals surface area contributed by atoms with Gasteiger partial charge in [0.25, 0.3) is 0 Å². The number of nitrogens with one attached hydrogen (secondary N) is 2. The third-order valence-corrected chi connectivity index (χ3v) is 6.80. The van der Waals surface area contributed by atoms with Crippen molar-refractivity contribution in [3.63, 3.8) is 0 Å². The molecule has 1 aliphatic rings. The number of piperidine rings is 1. The number of amides is 1. The number of carbonyl (C=O) groups excluding carboxylic acids is 1. The average molecular weight is 514 g/mol. The number of halogens is 3. The van der Waals surface area contributed by atoms with Gasteiger partial charge in [-0.1, -0.05) is 29.9 Å². The van der Waals surface area contributed by atoms with E-state index >= 15 is 0 Å². The van der Waals surface area contributed by atoms with Gasteiger partial charge in [0, 0.05) is 24.6 Å². The number of hydrogen-bond donors (Lipinski definition) is 2. The number of hydrogen-bond acceptors (Lipinski definition) is 7. The summed E-state index contributed by atoms with van der Waals surface area (Å²) < 4.78 is 47.3. The molecule has 3 heterocycles. The summed E-state index contributed by atoms with van der Waals surface area (Å²) in [5.74, 6) is 0.437. The summed E-state index contributed by atoms with van der Waals surface area (Å²) in [6.07, 6.45) is -0.453. The number of nitrogens with zero attached hydrogens (tertiary/aromatic N) is 3. The van der Waals surface area contributed by atoms with E-state index in [1.807, 2.05) is 6.07 Å². The number of rotatable bonds is 5. The zero-order chi connectivity index (χ0) is 25.3. The third-order valence-electron chi connectivity index (χ3n) is 5.86. The number of carbonyl (C=O) groups is 1. The van der Waals surface area contributed by atoms with E-state index in [0.29, 0.717) is 33.2 Å². The van der Waals surface area contributed by atoms with Gasteiger partial charge in [0.2, 0.25) is 11.8 Å². The molecule has 1 amide bonds. The van der Waals surface area contributed by atoms with Crippen LogP contribution >= 0.6 is 11.3 Å². The molecular formula is C25H22F3N5O2S. The van der Waals surface area contributed by atoms with Crippen LogP contribution < -0.4 is 15.4 Å². The standard InChI is InChI=1S/C25H22F3N5O2S/c1-14(34)32-24-33-23-20(6-4-7-21(23)36-24)35-22-12-19(30-13-31-22)16-9-8-15(25(26,27)28)11-17(16)18-5-2-3-10-29-18/h4,6-9,11-13,18,29H,2-3,5,10H2,1H3,(H,32,33,34). The van der Waals surface area contributed by atoms with Gasteiger partial charge in [-0.15, -0.1) is 0 Å². The van der Waals surface area contributed by atoms with Crippen molar-refractivity contribution in [2.45, 2.75) is 38.4 Å². The van der Waals surface area contributed by atoms with Crippen LogP contribution in [0.1, 0.15) is 43.4 Å². The number of fused-ring (bicyclic) bond motifs is 1. The second kappa shape index (κ2) is 9.82. The minimum Gasteiger partial charge on any atom is -0.437 e. The second-order valence-corrected chi connectivity index (χ2v) is 9.48. The predicted octanol–water partition coefficient (Wildman–Crippen LogP) is 6.34. The molecule has 2 N–H and O–H groups in total. The van der Waals surface area contributed by atoms with Gasteiger partial charge in [-0.2, -0.15) is 13.2 Å². The van der Waals surface area contributed by atoms with Gasteiger partial charge in [-0.25, -0.2) is 15.0 Å². The molecule has 0 aliphatic carbocycles. The maximum absolute atomic E-state index is 13.5. The van der Waals surface area contributed by atoms with E-state index in [0.717, 1.165) is 36.6 Å². The first kappa shape index (κ1) is 24.1. The Kier molecular flexibility index (Phi) is 6.59. The number of aromatic nitrogens is 3. The van der Waals surface area contributed by atoms with Crippen molar-refractivity contribution >= 4 is 32.6 Å². The number of thiazole rings is 1. The van der Waals surface area contributed by atoms with Crippen LogP contribution in [0.2, 0.25) is 0 Å². The zero-order valence-corrected chi connectivity index (χ0v) is 20.0. The lowest BCUT2D eigenvalue weighted by Crippen LogP contribution is -2.27. The molecule has 4 aromatic rings. The summed E-state index contributed by atoms with van der Waals surface area (Å²) in [5.41, 5.74) is 1.48. The Bertz CT molecular complexity index is 1420. The molecule has 1 fully saturated rings. The molecule has 186 valence electrons. The summed E-state index contributed by atoms with van der Waals surface area (Å²) in [4.78, 5) is 24.4. The Labute approximate surface area is 208 Å². The van der Waals surface area contributed by atoms with Gasteiger partial charge in [0.1, 0.15) is 11.8 Å². The highest BCUT2D eigenvalue weighted by atomic mass is 32.1. The molecule has 1 aliphatic heterocycles. The lowest BCUT2D eigenvalue weighted by atomic mass is 9.90. The SMILES string of the molecule is CC(=O)Nc1nc2c(Oc3cc(-c4ccc(C(F)(F)F)cc4C4CCCCN4)ncn3)cccc2s1. The minimum absolute atomic E-state index is 0.202. The van der Waals surface area contributed by atoms with Crippen molar-refractivity contribution in [1.29, 1.82) is 0 Å². The molecule has 7 nitrogen and oxygen atoms in total. The fourth-order valence-corrected chi connectivity index (χ4v) is 5.17. The molecule has 0 saturated carbocycles. The smallest absolute Gasteiger partial charge is 0.416 e. The number of anilines is 1. The van der Waals surface area contributed by atoms with Crippen LogP contribution in [0.5, 0.6) is 11.6 Å². The van der Waals surface area contributed by atoms with E-state index < -0.39 is 11.7 Å². The Hall–Kier alpha value is -3.57. The molecule has 5 rings (SSSR count). The van der Waals surface area contributed by atoms with Crippen molar-refractivity contribution in [2.24, 2.45) is 0 Å². The first-order chi connectivity index (χ1) is 17.3. The van der Waals surface area contributed by atoms with Crippen LogP contribution in [0.15, 0.2) is 48.8 Å². The van der Waals surface area contributed by atoms with E-state index in [2.05, 4.69) is 25.6 Å². The first-order valence-corrected chi connectivity index (χ1v) is 12.2. The summed E-state index contributed by atoms with van der Waals surface area (Å²) in [7, 11) is 0. The van der Waals surface area contributed by atoms with Crippen LogP contribution in [-0.4, -0.2) is 27.4 Å². The molecule has 0 spiro atoms. The van der Waals surface area contributed by atoms with Crippen molar-refractivity contribution in [1.82, 2.24) is 20.3 Å². The lowest BCUT2D eigenvalue weighted by Gasteiger charge is -2.26. The average Bonchev–Trinajstić information content (AvgIpc) is 3.27. The van der Waals surface area contributed by atoms with Gasteiger partial charge in [0.15, 0.2) is 10.9 Å². The van der Waals surface area contributed by atoms with Gasteiger partial charge < -0.3 is 15.4 Å². The van der Waals surface area contributed by atoms with Crippen molar-refractivity contribution in [2.75, 3.05) is 11.9 Å². The lowest BCUT2D eigenvalue weighted by molar-refractivity contribution is -0.137. The number of alkyl halides is 3. The number of ether oxygens (including phenoxy) is 1. The minimum atomic E-state index is -4.44. The van der Waals surface area contributed by atoms with E-state index in [1.165, 1.54) is 36.7 Å². The fraction of sp³-hybridized carbons (Fsp3) is 0.280. The first-order valence-electron chi connectivity index (χ1n) is 11.4. The van der Waals surface area contributed by atoms with Crippen molar-refractivity contribution in [3.05, 3.63) is 59.9 Å². The molecule has 11 heteroatoms. The fourth-order valence-electron chi connectivity index (χ4n) is 4.24. The normalized spacial score (nSPS) is 16.2. The van der Waals surface area contributed by atoms with Crippen molar-refractivity contribution < 1.29 is 22.7 Å². The van der Waals surface area contributed by atoms with Crippen LogP contribution in [0.3, 0.4) is 0 Å². The predicted molar refractivity (Wildman–Crippen MR) is 131 cm³/mol. The van der Waals surface area contributed by atoms with Crippen LogP contribution in [0, 0.1) is 0 Å². The summed E-state index contributed by atoms with van der Waals surface area (Å²) in [6, 6.07) is 10.5. The molecule has 2 aromatic carbocycles. The monoisotopic (exact) mass is 513 g/mol. The van der Waals surface area contributed by atoms with Gasteiger partial charge in [-0.05, 0) is 49.2 Å². The Morgan fingerprint density at radius 3 is 2.78 bits per heavy atom. The van der Waals surface area contributed by atoms with E-state index in [4.69, 9.17) is 4.74 Å². The van der Waals surface area contributed by atoms with E-state index in [-0.39, 0.29) is 17.8 Å². The summed E-state index contributed by atoms with van der Waals surface area (Å²) >= 11 is 1.32. The molecule has 2 aromatic heterocycles. The second-order valence-electron chi connectivity index (χ2n) is 8.45. The zero-order valence-electron chi connectivity index (χ0n) is 19.2. The topological polar surface area (TPSA) is 89.0 Å². The highest BCUT2D eigenvalue weighted by molar-refractivity contribution is 7.22. The molecule has 1 unspecified atom stereocenters. The molecule has 36 heavy (non-hydrogen) atoms. The van der Waals surface area contributed by atoms with Crippen LogP contribution in [0.25, 0.3) is 21.5 Å². The molecule has 1 atom stereocenters. The van der Waals surface area contributed by atoms with E-state index in [9.17, 15) is 18.0 Å². The molecule has 0 bridgehead atoms. The van der Waals surface area contributed by atoms with Gasteiger partial charge in [-0.3, -0.25) is 4.79 Å². The molecule has 1 saturated heterocycles. The number of para-hydroxylation sites is 1.